The van der Waals surface area contributed by atoms with Crippen molar-refractivity contribution in [3.8, 4) is 0 Å². The van der Waals surface area contributed by atoms with Crippen molar-refractivity contribution < 1.29 is 93.8 Å². The number of carbonyl (C=O) groups excluding carboxylic acids is 2. The molecule has 0 spiro atoms. The molecule has 2 fully saturated rings. The summed E-state index contributed by atoms with van der Waals surface area (Å²) in [5, 5.41) is 99.0. The minimum Gasteiger partial charge on any atom is -0.463 e. The van der Waals surface area contributed by atoms with E-state index in [1.165, 1.54) is 0 Å². The van der Waals surface area contributed by atoms with Gasteiger partial charge in [-0.25, -0.2) is 0 Å². The maximum atomic E-state index is 12.9. The van der Waals surface area contributed by atoms with Gasteiger partial charge in [-0.05, 0) is 32.6 Å². The van der Waals surface area contributed by atoms with Gasteiger partial charge in [-0.15, -0.1) is 0 Å². The standard InChI is InChI=1S/C37H68O18.C2H6.CH4O/c1-8-18(3)27(52-33(46)13-24(42)11-28(19(4)9-2)53-37-35(48)34(47)31(16-39)55-37)10-23(41)12-32(45)49-17-26(44)30(15-38)54-36-25(43)14-29(22(7)51-36)50-21(6)20(5)40;2*1-2/h18-31,34-44,47-48H,8-17H2,1-7H3;1-2H3;2H,1H3/t18-,19-,20+,21+,22-,23-,24-,25+,26-,27-,28-,29+,30-,31-,34-,35+,36-,37+;;/m0../s1. The molecule has 0 aromatic carbocycles. The maximum absolute atomic E-state index is 12.9. The minimum atomic E-state index is -1.52. The van der Waals surface area contributed by atoms with E-state index in [0.717, 1.165) is 7.11 Å². The Morgan fingerprint density at radius 3 is 1.76 bits per heavy atom. The first-order valence-electron chi connectivity index (χ1n) is 20.9. The number of hydrogen-bond acceptors (Lipinski definition) is 19. The topological polar surface area (TPSA) is 301 Å². The van der Waals surface area contributed by atoms with E-state index in [0.29, 0.717) is 12.8 Å². The van der Waals surface area contributed by atoms with Crippen LogP contribution in [-0.2, 0) is 42.7 Å². The van der Waals surface area contributed by atoms with Crippen molar-refractivity contribution in [2.24, 2.45) is 11.8 Å². The first-order chi connectivity index (χ1) is 27.8. The molecule has 0 aromatic heterocycles. The zero-order valence-electron chi connectivity index (χ0n) is 36.6. The summed E-state index contributed by atoms with van der Waals surface area (Å²) >= 11 is 0. The fourth-order valence-corrected chi connectivity index (χ4v) is 6.18. The number of aliphatic hydroxyl groups excluding tert-OH is 10. The van der Waals surface area contributed by atoms with E-state index in [2.05, 4.69) is 0 Å². The Kier molecular flexibility index (Phi) is 29.5. The summed E-state index contributed by atoms with van der Waals surface area (Å²) in [6, 6.07) is 0. The second kappa shape index (κ2) is 30.4. The van der Waals surface area contributed by atoms with Crippen molar-refractivity contribution in [1.29, 1.82) is 0 Å². The highest BCUT2D eigenvalue weighted by Crippen LogP contribution is 2.29. The molecule has 10 N–H and O–H groups in total. The van der Waals surface area contributed by atoms with Gasteiger partial charge in [0.05, 0.1) is 68.8 Å². The van der Waals surface area contributed by atoms with Crippen molar-refractivity contribution >= 4 is 11.9 Å². The van der Waals surface area contributed by atoms with Gasteiger partial charge in [0, 0.05) is 26.4 Å². The predicted molar refractivity (Wildman–Crippen MR) is 211 cm³/mol. The van der Waals surface area contributed by atoms with Gasteiger partial charge in [0.1, 0.15) is 49.3 Å². The molecule has 2 rings (SSSR count). The summed E-state index contributed by atoms with van der Waals surface area (Å²) in [6.45, 7) is 14.5. The molecule has 0 amide bonds. The Labute approximate surface area is 349 Å². The molecule has 2 saturated heterocycles. The number of carbonyl (C=O) groups is 2. The van der Waals surface area contributed by atoms with Crippen molar-refractivity contribution in [2.75, 3.05) is 26.9 Å². The molecule has 0 saturated carbocycles. The van der Waals surface area contributed by atoms with Crippen LogP contribution in [0.25, 0.3) is 0 Å². The second-order valence-corrected chi connectivity index (χ2v) is 15.1. The Hall–Kier alpha value is -1.66. The van der Waals surface area contributed by atoms with Gasteiger partial charge in [0.25, 0.3) is 0 Å². The monoisotopic (exact) mass is 863 g/mol. The van der Waals surface area contributed by atoms with Gasteiger partial charge in [0.15, 0.2) is 12.6 Å². The molecule has 0 unspecified atom stereocenters. The van der Waals surface area contributed by atoms with E-state index in [1.807, 2.05) is 34.6 Å². The summed E-state index contributed by atoms with van der Waals surface area (Å²) in [6.07, 6.45) is -16.4. The first kappa shape index (κ1) is 57.3. The smallest absolute Gasteiger partial charge is 0.308 e. The minimum absolute atomic E-state index is 0.0277. The zero-order chi connectivity index (χ0) is 45.6. The SMILES string of the molecule is CC.CC[C@H](C)[C@H](C[C@H](O)CC(=O)OC[C@H](O)[C@H](CO)O[C@@H]1O[C@@H](C)[C@H](O[C@H](C)[C@@H](C)O)C[C@H]1O)OC(=O)C[C@@H](O)C[C@H](O[C@@H]1O[C@@H](CO)[C@H](O)[C@H]1O)[C@@H](C)CC.CO. The Morgan fingerprint density at radius 1 is 0.729 bits per heavy atom. The summed E-state index contributed by atoms with van der Waals surface area (Å²) in [4.78, 5) is 25.5. The Balaban J connectivity index is 0.00000814. The quantitative estimate of drug-likeness (QED) is 0.0525. The highest BCUT2D eigenvalue weighted by molar-refractivity contribution is 5.70. The maximum Gasteiger partial charge on any atom is 0.308 e. The second-order valence-electron chi connectivity index (χ2n) is 15.1. The van der Waals surface area contributed by atoms with E-state index in [-0.39, 0.29) is 31.1 Å². The third-order valence-electron chi connectivity index (χ3n) is 10.5. The van der Waals surface area contributed by atoms with E-state index < -0.39 is 143 Å². The number of ether oxygens (including phenoxy) is 7. The molecule has 19 nitrogen and oxygen atoms in total. The fraction of sp³-hybridized carbons (Fsp3) is 0.950. The van der Waals surface area contributed by atoms with E-state index in [9.17, 15) is 55.5 Å². The third kappa shape index (κ3) is 19.9. The lowest BCUT2D eigenvalue weighted by molar-refractivity contribution is -0.297. The van der Waals surface area contributed by atoms with E-state index in [4.69, 9.17) is 38.3 Å². The van der Waals surface area contributed by atoms with Gasteiger partial charge in [-0.2, -0.15) is 0 Å². The van der Waals surface area contributed by atoms with Crippen LogP contribution < -0.4 is 0 Å². The van der Waals surface area contributed by atoms with Gasteiger partial charge in [-0.1, -0.05) is 54.4 Å². The third-order valence-corrected chi connectivity index (χ3v) is 10.5. The largest absolute Gasteiger partial charge is 0.463 e. The summed E-state index contributed by atoms with van der Waals surface area (Å²) in [5.74, 6) is -2.00. The highest BCUT2D eigenvalue weighted by Gasteiger charge is 2.45. The number of esters is 2. The number of hydrogen-bond donors (Lipinski definition) is 10. The van der Waals surface area contributed by atoms with Gasteiger partial charge >= 0.3 is 11.9 Å². The number of aliphatic hydroxyl groups is 10. The van der Waals surface area contributed by atoms with Crippen LogP contribution in [0, 0.1) is 11.8 Å². The summed E-state index contributed by atoms with van der Waals surface area (Å²) in [7, 11) is 1.00. The molecular weight excluding hydrogens is 784 g/mol. The average Bonchev–Trinajstić information content (AvgIpc) is 3.48. The van der Waals surface area contributed by atoms with Gasteiger partial charge < -0.3 is 84.2 Å². The molecule has 0 aromatic rings. The first-order valence-corrected chi connectivity index (χ1v) is 20.9. The van der Waals surface area contributed by atoms with E-state index >= 15 is 0 Å². The van der Waals surface area contributed by atoms with Crippen molar-refractivity contribution in [2.45, 2.75) is 205 Å². The van der Waals surface area contributed by atoms with Crippen LogP contribution in [-0.4, -0.2) is 188 Å². The Bertz CT molecular complexity index is 1100. The highest BCUT2D eigenvalue weighted by atomic mass is 16.7. The molecule has 2 aliphatic heterocycles. The lowest BCUT2D eigenvalue weighted by atomic mass is 9.94. The lowest BCUT2D eigenvalue weighted by Gasteiger charge is -2.40. The summed E-state index contributed by atoms with van der Waals surface area (Å²) in [5.41, 5.74) is 0. The van der Waals surface area contributed by atoms with Crippen LogP contribution in [0.3, 0.4) is 0 Å². The molecule has 2 aliphatic rings. The van der Waals surface area contributed by atoms with Gasteiger partial charge in [-0.3, -0.25) is 9.59 Å². The molecule has 352 valence electrons. The van der Waals surface area contributed by atoms with Crippen molar-refractivity contribution in [3.05, 3.63) is 0 Å². The van der Waals surface area contributed by atoms with Crippen molar-refractivity contribution in [3.63, 3.8) is 0 Å². The van der Waals surface area contributed by atoms with Crippen LogP contribution in [0.5, 0.6) is 0 Å². The van der Waals surface area contributed by atoms with Gasteiger partial charge in [0.2, 0.25) is 0 Å². The number of rotatable bonds is 25. The molecule has 19 heteroatoms. The van der Waals surface area contributed by atoms with E-state index in [1.54, 1.807) is 27.7 Å². The molecule has 0 aliphatic carbocycles. The van der Waals surface area contributed by atoms with Crippen LogP contribution in [0.4, 0.5) is 0 Å². The molecule has 0 radical (unpaired) electrons. The van der Waals surface area contributed by atoms with Crippen LogP contribution in [0.15, 0.2) is 0 Å². The molecule has 18 atom stereocenters. The Morgan fingerprint density at radius 2 is 1.25 bits per heavy atom. The summed E-state index contributed by atoms with van der Waals surface area (Å²) < 4.78 is 39.2. The molecule has 59 heavy (non-hydrogen) atoms. The van der Waals surface area contributed by atoms with Crippen LogP contribution in [0.2, 0.25) is 0 Å². The average molecular weight is 863 g/mol. The van der Waals surface area contributed by atoms with Crippen LogP contribution in [0.1, 0.15) is 107 Å². The normalized spacial score (nSPS) is 29.4. The molecular formula is C40H78O19. The molecule has 2 heterocycles. The molecule has 0 bridgehead atoms. The lowest BCUT2D eigenvalue weighted by Crippen LogP contribution is -2.52. The zero-order valence-corrected chi connectivity index (χ0v) is 36.6. The van der Waals surface area contributed by atoms with Crippen molar-refractivity contribution in [1.82, 2.24) is 0 Å². The predicted octanol–water partition coefficient (Wildman–Crippen LogP) is -0.337. The fourth-order valence-electron chi connectivity index (χ4n) is 6.18. The van der Waals surface area contributed by atoms with Crippen LogP contribution >= 0.6 is 0 Å².